The van der Waals surface area contributed by atoms with E-state index in [0.29, 0.717) is 24.5 Å². The number of nitrogens with one attached hydrogen (secondary N) is 2. The molecule has 160 valence electrons. The van der Waals surface area contributed by atoms with E-state index in [4.69, 9.17) is 5.73 Å². The molecule has 31 heavy (non-hydrogen) atoms. The summed E-state index contributed by atoms with van der Waals surface area (Å²) in [4.78, 5) is 15.6. The number of primary amides is 1. The Kier molecular flexibility index (Phi) is 5.34. The number of rotatable bonds is 1. The normalized spacial score (nSPS) is 16.4. The summed E-state index contributed by atoms with van der Waals surface area (Å²) in [6.07, 6.45) is 6.10. The highest BCUT2D eigenvalue weighted by atomic mass is 32.2. The van der Waals surface area contributed by atoms with Crippen molar-refractivity contribution in [2.75, 3.05) is 10.0 Å². The lowest BCUT2D eigenvalue weighted by Gasteiger charge is -2.16. The van der Waals surface area contributed by atoms with Gasteiger partial charge in [-0.2, -0.15) is 5.10 Å². The maximum Gasteiger partial charge on any atom is 0.263 e. The monoisotopic (exact) mass is 440 g/mol. The molecule has 1 amide bonds. The van der Waals surface area contributed by atoms with Crippen LogP contribution in [0.4, 0.5) is 11.4 Å². The van der Waals surface area contributed by atoms with Crippen LogP contribution >= 0.6 is 0 Å². The van der Waals surface area contributed by atoms with Gasteiger partial charge >= 0.3 is 0 Å². The number of fused-ring (bicyclic) bond motifs is 5. The minimum absolute atomic E-state index is 0.0782. The Morgan fingerprint density at radius 2 is 2.03 bits per heavy atom. The van der Waals surface area contributed by atoms with E-state index in [-0.39, 0.29) is 22.7 Å². The number of carbonyl (C=O) groups is 1. The molecule has 0 atom stereocenters. The Bertz CT molecular complexity index is 1280. The molecule has 0 saturated heterocycles. The number of anilines is 2. The Hall–Kier alpha value is -3.86. The first-order valence-corrected chi connectivity index (χ1v) is 10.9. The Labute approximate surface area is 178 Å². The topological polar surface area (TPSA) is 152 Å². The third kappa shape index (κ3) is 4.51. The molecule has 1 aromatic heterocycles. The second-order valence-electron chi connectivity index (χ2n) is 6.95. The van der Waals surface area contributed by atoms with Crippen LogP contribution in [0.25, 0.3) is 0 Å². The number of hydrogen-bond donors (Lipinski definition) is 4. The lowest BCUT2D eigenvalue weighted by molar-refractivity contribution is 0.0997. The fourth-order valence-corrected chi connectivity index (χ4v) is 4.42. The molecule has 11 heteroatoms. The minimum Gasteiger partial charge on any atom is -0.507 e. The van der Waals surface area contributed by atoms with Gasteiger partial charge in [0.05, 0.1) is 24.3 Å². The summed E-state index contributed by atoms with van der Waals surface area (Å²) < 4.78 is 30.5. The molecular formula is C20H20N6O4S. The number of amides is 1. The fraction of sp³-hybridized carbons (Fsp3) is 0.150. The summed E-state index contributed by atoms with van der Waals surface area (Å²) in [7, 11) is -4.13. The van der Waals surface area contributed by atoms with Crippen LogP contribution in [0.3, 0.4) is 0 Å². The van der Waals surface area contributed by atoms with E-state index in [1.807, 2.05) is 18.2 Å². The highest BCUT2D eigenvalue weighted by Gasteiger charge is 2.24. The van der Waals surface area contributed by atoms with Gasteiger partial charge < -0.3 is 16.2 Å². The number of hydrogen-bond acceptors (Lipinski definition) is 7. The van der Waals surface area contributed by atoms with E-state index >= 15 is 0 Å². The number of nitrogens with two attached hydrogens (primary N) is 1. The SMILES string of the molecule is NC(=O)c1cc2c(cc1O)NCc1ncn(n1)C/C=C\Cc1cccc(c1)NS2(=O)=O. The number of aromatic nitrogens is 3. The molecule has 0 aliphatic carbocycles. The molecule has 1 aliphatic rings. The number of allylic oxidation sites excluding steroid dienone is 2. The fourth-order valence-electron chi connectivity index (χ4n) is 3.18. The van der Waals surface area contributed by atoms with Crippen molar-refractivity contribution in [1.82, 2.24) is 14.8 Å². The molecular weight excluding hydrogens is 420 g/mol. The van der Waals surface area contributed by atoms with Crippen LogP contribution in [0, 0.1) is 0 Å². The van der Waals surface area contributed by atoms with E-state index in [2.05, 4.69) is 20.1 Å². The van der Waals surface area contributed by atoms with Crippen LogP contribution in [0.1, 0.15) is 21.7 Å². The van der Waals surface area contributed by atoms with E-state index in [9.17, 15) is 18.3 Å². The van der Waals surface area contributed by atoms with Crippen molar-refractivity contribution in [2.45, 2.75) is 24.4 Å². The number of benzene rings is 2. The molecule has 0 saturated carbocycles. The van der Waals surface area contributed by atoms with Crippen LogP contribution in [0.5, 0.6) is 5.75 Å². The largest absolute Gasteiger partial charge is 0.507 e. The first kappa shape index (κ1) is 20.4. The van der Waals surface area contributed by atoms with E-state index in [1.165, 1.54) is 0 Å². The maximum absolute atomic E-state index is 13.2. The second kappa shape index (κ2) is 8.11. The molecule has 2 heterocycles. The van der Waals surface area contributed by atoms with Gasteiger partial charge in [-0.15, -0.1) is 0 Å². The molecule has 0 fully saturated rings. The third-order valence-corrected chi connectivity index (χ3v) is 6.09. The molecule has 1 aliphatic heterocycles. The second-order valence-corrected chi connectivity index (χ2v) is 8.60. The number of aromatic hydroxyl groups is 1. The number of sulfonamides is 1. The summed E-state index contributed by atoms with van der Waals surface area (Å²) >= 11 is 0. The summed E-state index contributed by atoms with van der Waals surface area (Å²) in [5.74, 6) is -0.952. The first-order valence-electron chi connectivity index (χ1n) is 9.37. The van der Waals surface area contributed by atoms with Crippen LogP contribution in [0.2, 0.25) is 0 Å². The first-order chi connectivity index (χ1) is 14.8. The zero-order valence-electron chi connectivity index (χ0n) is 16.3. The Balaban J connectivity index is 1.83. The van der Waals surface area contributed by atoms with Crippen molar-refractivity contribution < 1.29 is 18.3 Å². The van der Waals surface area contributed by atoms with Crippen molar-refractivity contribution in [3.05, 3.63) is 71.8 Å². The zero-order valence-corrected chi connectivity index (χ0v) is 17.1. The molecule has 0 spiro atoms. The van der Waals surface area contributed by atoms with Gasteiger partial charge in [-0.25, -0.2) is 18.1 Å². The molecule has 10 nitrogen and oxygen atoms in total. The molecule has 4 rings (SSSR count). The highest BCUT2D eigenvalue weighted by molar-refractivity contribution is 7.92. The summed E-state index contributed by atoms with van der Waals surface area (Å²) in [6.45, 7) is 0.642. The minimum atomic E-state index is -4.13. The smallest absolute Gasteiger partial charge is 0.263 e. The lowest BCUT2D eigenvalue weighted by atomic mass is 10.1. The highest BCUT2D eigenvalue weighted by Crippen LogP contribution is 2.31. The summed E-state index contributed by atoms with van der Waals surface area (Å²) in [5.41, 5.74) is 6.34. The molecule has 3 aromatic rings. The Morgan fingerprint density at radius 3 is 2.84 bits per heavy atom. The zero-order chi connectivity index (χ0) is 22.0. The molecule has 2 aromatic carbocycles. The van der Waals surface area contributed by atoms with Crippen molar-refractivity contribution in [1.29, 1.82) is 0 Å². The van der Waals surface area contributed by atoms with Gasteiger partial charge in [0.25, 0.3) is 15.9 Å². The predicted octanol–water partition coefficient (Wildman–Crippen LogP) is 1.61. The van der Waals surface area contributed by atoms with Crippen LogP contribution in [-0.4, -0.2) is 34.2 Å². The predicted molar refractivity (Wildman–Crippen MR) is 114 cm³/mol. The number of carbonyl (C=O) groups excluding carboxylic acids is 1. The van der Waals surface area contributed by atoms with Gasteiger partial charge in [0.2, 0.25) is 0 Å². The standard InChI is InChI=1S/C20H20N6O4S/c21-20(28)15-9-18-16(10-17(15)27)22-11-19-23-12-26(24-19)7-2-1-4-13-5-3-6-14(8-13)25-31(18,29)30/h1-3,5-6,8-10,12,22,25,27H,4,7,11H2,(H2,21,28)/b2-1-. The van der Waals surface area contributed by atoms with Crippen molar-refractivity contribution in [2.24, 2.45) is 5.73 Å². The van der Waals surface area contributed by atoms with Gasteiger partial charge in [-0.1, -0.05) is 24.3 Å². The van der Waals surface area contributed by atoms with E-state index in [1.54, 1.807) is 29.2 Å². The molecule has 0 unspecified atom stereocenters. The van der Waals surface area contributed by atoms with E-state index < -0.39 is 21.7 Å². The quantitative estimate of drug-likeness (QED) is 0.419. The average Bonchev–Trinajstić information content (AvgIpc) is 3.16. The van der Waals surface area contributed by atoms with Gasteiger partial charge in [-0.05, 0) is 30.2 Å². The van der Waals surface area contributed by atoms with Gasteiger partial charge in [0.15, 0.2) is 5.82 Å². The average molecular weight is 440 g/mol. The maximum atomic E-state index is 13.2. The lowest BCUT2D eigenvalue weighted by Crippen LogP contribution is -2.18. The van der Waals surface area contributed by atoms with Crippen LogP contribution in [-0.2, 0) is 29.5 Å². The van der Waals surface area contributed by atoms with Gasteiger partial charge in [-0.3, -0.25) is 9.52 Å². The third-order valence-electron chi connectivity index (χ3n) is 4.67. The van der Waals surface area contributed by atoms with Crippen LogP contribution in [0.15, 0.2) is 59.8 Å². The van der Waals surface area contributed by atoms with Crippen LogP contribution < -0.4 is 15.8 Å². The van der Waals surface area contributed by atoms with Crippen molar-refractivity contribution >= 4 is 27.3 Å². The number of nitrogens with zero attached hydrogens (tertiary/aromatic N) is 3. The van der Waals surface area contributed by atoms with Crippen molar-refractivity contribution in [3.63, 3.8) is 0 Å². The molecule has 5 N–H and O–H groups in total. The van der Waals surface area contributed by atoms with E-state index in [0.717, 1.165) is 17.7 Å². The summed E-state index contributed by atoms with van der Waals surface area (Å²) in [5, 5.41) is 17.4. The van der Waals surface area contributed by atoms with Gasteiger partial charge in [0, 0.05) is 11.8 Å². The Morgan fingerprint density at radius 1 is 1.19 bits per heavy atom. The molecule has 4 bridgehead atoms. The molecule has 0 radical (unpaired) electrons. The van der Waals surface area contributed by atoms with Crippen molar-refractivity contribution in [3.8, 4) is 5.75 Å². The number of phenols is 1. The summed E-state index contributed by atoms with van der Waals surface area (Å²) in [6, 6.07) is 9.18. The van der Waals surface area contributed by atoms with Gasteiger partial charge in [0.1, 0.15) is 17.0 Å².